The summed E-state index contributed by atoms with van der Waals surface area (Å²) in [6.07, 6.45) is 50.6. The van der Waals surface area contributed by atoms with Crippen molar-refractivity contribution in [1.29, 1.82) is 0 Å². The van der Waals surface area contributed by atoms with Gasteiger partial charge in [-0.05, 0) is 79.4 Å². The van der Waals surface area contributed by atoms with Crippen molar-refractivity contribution in [3.05, 3.63) is 183 Å². The predicted molar refractivity (Wildman–Crippen MR) is 260 cm³/mol. The van der Waals surface area contributed by atoms with Crippen LogP contribution in [0.2, 0.25) is 0 Å². The van der Waals surface area contributed by atoms with Crippen LogP contribution < -0.4 is 15.1 Å². The molecule has 6 heteroatoms. The van der Waals surface area contributed by atoms with Crippen LogP contribution in [0.3, 0.4) is 0 Å². The maximum absolute atomic E-state index is 5.60. The zero-order valence-electron chi connectivity index (χ0n) is 35.6. The summed E-state index contributed by atoms with van der Waals surface area (Å²) in [5, 5.41) is 6.67. The fourth-order valence-electron chi connectivity index (χ4n) is 11.9. The number of hydrogen-bond acceptors (Lipinski definition) is 6. The van der Waals surface area contributed by atoms with Gasteiger partial charge in [0.1, 0.15) is 11.7 Å². The second kappa shape index (κ2) is 16.0. The van der Waals surface area contributed by atoms with E-state index in [0.717, 1.165) is 55.8 Å². The monoisotopic (exact) mass is 829 g/mol. The Balaban J connectivity index is 1.01. The summed E-state index contributed by atoms with van der Waals surface area (Å²) in [4.78, 5) is 16.4. The molecule has 310 valence electrons. The highest BCUT2D eigenvalue weighted by molar-refractivity contribution is 7.17. The van der Waals surface area contributed by atoms with Crippen molar-refractivity contribution in [2.45, 2.75) is 88.1 Å². The minimum atomic E-state index is -0.217. The molecule has 2 aromatic carbocycles. The highest BCUT2D eigenvalue weighted by Crippen LogP contribution is 2.47. The number of rotatable bonds is 7. The summed E-state index contributed by atoms with van der Waals surface area (Å²) < 4.78 is 2.80. The Kier molecular flexibility index (Phi) is 9.82. The van der Waals surface area contributed by atoms with Crippen molar-refractivity contribution in [2.24, 2.45) is 27.7 Å². The number of amidine groups is 2. The first-order valence-corrected chi connectivity index (χ1v) is 24.1. The molecule has 1 saturated heterocycles. The van der Waals surface area contributed by atoms with Gasteiger partial charge in [-0.25, -0.2) is 9.98 Å². The molecule has 0 saturated carbocycles. The molecule has 8 unspecified atom stereocenters. The summed E-state index contributed by atoms with van der Waals surface area (Å²) in [5.74, 6) is 2.99. The molecule has 9 aliphatic rings. The third kappa shape index (κ3) is 6.52. The first-order chi connectivity index (χ1) is 30.7. The lowest BCUT2D eigenvalue weighted by Crippen LogP contribution is -2.45. The van der Waals surface area contributed by atoms with Crippen molar-refractivity contribution >= 4 is 50.9 Å². The summed E-state index contributed by atoms with van der Waals surface area (Å²) in [5.41, 5.74) is 9.20. The van der Waals surface area contributed by atoms with E-state index < -0.39 is 0 Å². The van der Waals surface area contributed by atoms with E-state index in [0.29, 0.717) is 30.0 Å². The van der Waals surface area contributed by atoms with Crippen molar-refractivity contribution in [3.63, 3.8) is 0 Å². The largest absolute Gasteiger partial charge is 0.366 e. The SMILES string of the molecule is CN1C(c2cccc3c4c(sc23)=CC2C(C=4)C3C=CC=CC3N2C2C=CCCC2)=C(C2=NC(C3C=CC=CC3)N=C(c3ccccc3)N2)CC1C1=CCCC=C1C1=CCCC=C1. The van der Waals surface area contributed by atoms with E-state index in [2.05, 4.69) is 174 Å². The third-order valence-electron chi connectivity index (χ3n) is 14.9. The van der Waals surface area contributed by atoms with E-state index in [4.69, 9.17) is 9.98 Å². The lowest BCUT2D eigenvalue weighted by molar-refractivity contribution is 0.187. The van der Waals surface area contributed by atoms with Crippen molar-refractivity contribution in [1.82, 2.24) is 15.1 Å². The van der Waals surface area contributed by atoms with E-state index in [1.165, 1.54) is 72.7 Å². The molecule has 1 N–H and O–H groups in total. The Morgan fingerprint density at radius 3 is 2.47 bits per heavy atom. The average Bonchev–Trinajstić information content (AvgIpc) is 4.00. The summed E-state index contributed by atoms with van der Waals surface area (Å²) in [6.45, 7) is 0. The van der Waals surface area contributed by atoms with Crippen molar-refractivity contribution in [2.75, 3.05) is 7.05 Å². The van der Waals surface area contributed by atoms with Crippen LogP contribution in [0.4, 0.5) is 0 Å². The fraction of sp³-hybridized carbons (Fsp3) is 0.321. The molecule has 0 bridgehead atoms. The smallest absolute Gasteiger partial charge is 0.150 e. The molecule has 3 aliphatic heterocycles. The molecule has 6 aliphatic carbocycles. The van der Waals surface area contributed by atoms with Crippen LogP contribution >= 0.6 is 11.3 Å². The molecule has 62 heavy (non-hydrogen) atoms. The topological polar surface area (TPSA) is 43.2 Å². The van der Waals surface area contributed by atoms with Gasteiger partial charge >= 0.3 is 0 Å². The van der Waals surface area contributed by atoms with Gasteiger partial charge in [0, 0.05) is 80.7 Å². The molecule has 8 atom stereocenters. The number of nitrogens with one attached hydrogen (secondary N) is 1. The third-order valence-corrected chi connectivity index (χ3v) is 16.1. The van der Waals surface area contributed by atoms with Crippen LogP contribution in [0.5, 0.6) is 0 Å². The van der Waals surface area contributed by atoms with Crippen LogP contribution in [0.1, 0.15) is 68.9 Å². The van der Waals surface area contributed by atoms with E-state index in [1.54, 1.807) is 0 Å². The number of allylic oxidation sites excluding steroid dienone is 12. The molecule has 0 spiro atoms. The first kappa shape index (κ1) is 38.1. The number of benzene rings is 2. The number of aliphatic imine (C=N–C) groups is 2. The van der Waals surface area contributed by atoms with Crippen LogP contribution in [-0.4, -0.2) is 58.9 Å². The highest BCUT2D eigenvalue weighted by Gasteiger charge is 2.48. The molecular formula is C56H55N5S. The molecule has 0 radical (unpaired) electrons. The summed E-state index contributed by atoms with van der Waals surface area (Å²) in [6, 6.07) is 19.2. The quantitative estimate of drug-likeness (QED) is 0.241. The average molecular weight is 830 g/mol. The van der Waals surface area contributed by atoms with E-state index in [1.807, 2.05) is 11.3 Å². The Labute approximate surface area is 370 Å². The van der Waals surface area contributed by atoms with E-state index in [9.17, 15) is 0 Å². The van der Waals surface area contributed by atoms with Gasteiger partial charge in [0.15, 0.2) is 6.17 Å². The number of fused-ring (bicyclic) bond motifs is 6. The molecular weight excluding hydrogens is 775 g/mol. The van der Waals surface area contributed by atoms with Gasteiger partial charge in [-0.1, -0.05) is 146 Å². The van der Waals surface area contributed by atoms with E-state index >= 15 is 0 Å². The minimum absolute atomic E-state index is 0.171. The van der Waals surface area contributed by atoms with Gasteiger partial charge in [0.25, 0.3) is 0 Å². The first-order valence-electron chi connectivity index (χ1n) is 23.3. The van der Waals surface area contributed by atoms with Gasteiger partial charge in [-0.3, -0.25) is 4.90 Å². The fourth-order valence-corrected chi connectivity index (χ4v) is 13.2. The van der Waals surface area contributed by atoms with Crippen LogP contribution in [-0.2, 0) is 0 Å². The van der Waals surface area contributed by atoms with Crippen molar-refractivity contribution in [3.8, 4) is 0 Å². The number of thiophene rings is 1. The minimum Gasteiger partial charge on any atom is -0.366 e. The van der Waals surface area contributed by atoms with Gasteiger partial charge in [0.2, 0.25) is 0 Å². The molecule has 1 aromatic heterocycles. The maximum Gasteiger partial charge on any atom is 0.150 e. The van der Waals surface area contributed by atoms with Crippen LogP contribution in [0.25, 0.3) is 27.9 Å². The molecule has 3 aromatic rings. The van der Waals surface area contributed by atoms with Gasteiger partial charge in [-0.2, -0.15) is 0 Å². The number of nitrogens with zero attached hydrogens (tertiary/aromatic N) is 4. The zero-order valence-corrected chi connectivity index (χ0v) is 36.4. The van der Waals surface area contributed by atoms with Crippen molar-refractivity contribution < 1.29 is 0 Å². The highest BCUT2D eigenvalue weighted by atomic mass is 32.1. The summed E-state index contributed by atoms with van der Waals surface area (Å²) in [7, 11) is 2.35. The van der Waals surface area contributed by atoms with Crippen LogP contribution in [0.15, 0.2) is 172 Å². The maximum atomic E-state index is 5.60. The number of likely N-dealkylation sites (N-methyl/N-ethyl adjacent to an activating group) is 1. The standard InChI is InChI=1S/C56H55N5S/c1-60-49(41-28-15-14-27-40(41)36-19-6-2-7-20-36)34-47(56-58-54(37-21-8-3-9-22-37)57-55(59-56)38-23-10-4-11-24-38)52(60)44-31-18-30-43-46-33-45-42-29-16-17-32-48(42)61(39-25-12-5-13-26-39)50(45)35-51(46)62-53(43)44/h3-4,6,8-12,16-23,25,27-33,35,38-39,42,45,48-50,55H,2,5,7,13-15,24,26,34H2,1H3,(H,57,58,59). The predicted octanol–water partition coefficient (Wildman–Crippen LogP) is 10.2. The van der Waals surface area contributed by atoms with E-state index in [-0.39, 0.29) is 18.1 Å². The zero-order chi connectivity index (χ0) is 41.1. The normalized spacial score (nSPS) is 31.0. The summed E-state index contributed by atoms with van der Waals surface area (Å²) >= 11 is 2.00. The van der Waals surface area contributed by atoms with Gasteiger partial charge in [0.05, 0.1) is 11.7 Å². The Bertz CT molecular complexity index is 2830. The molecule has 0 amide bonds. The Morgan fingerprint density at radius 2 is 1.61 bits per heavy atom. The molecule has 12 rings (SSSR count). The van der Waals surface area contributed by atoms with Gasteiger partial charge in [-0.15, -0.1) is 11.3 Å². The lowest BCUT2D eigenvalue weighted by Gasteiger charge is -2.36. The molecule has 5 nitrogen and oxygen atoms in total. The molecule has 1 fully saturated rings. The second-order valence-electron chi connectivity index (χ2n) is 18.4. The number of likely N-dealkylation sites (tertiary alicyclic amines) is 1. The molecule has 4 heterocycles. The van der Waals surface area contributed by atoms with Crippen LogP contribution in [0, 0.1) is 17.8 Å². The Morgan fingerprint density at radius 1 is 0.742 bits per heavy atom. The Hall–Kier alpha value is -5.56. The number of hydrogen-bond donors (Lipinski definition) is 1. The second-order valence-corrected chi connectivity index (χ2v) is 19.5. The lowest BCUT2D eigenvalue weighted by atomic mass is 9.82. The van der Waals surface area contributed by atoms with Gasteiger partial charge < -0.3 is 10.2 Å².